The number of aromatic nitrogens is 2. The van der Waals surface area contributed by atoms with Crippen LogP contribution in [0.2, 0.25) is 0 Å². The second kappa shape index (κ2) is 13.5. The Balaban J connectivity index is 0.00000235. The molecule has 11 heteroatoms. The van der Waals surface area contributed by atoms with Gasteiger partial charge in [0.05, 0.1) is 7.11 Å². The van der Waals surface area contributed by atoms with Gasteiger partial charge >= 0.3 is 6.09 Å². The number of benzene rings is 1. The van der Waals surface area contributed by atoms with E-state index in [1.807, 2.05) is 0 Å². The summed E-state index contributed by atoms with van der Waals surface area (Å²) in [5, 5.41) is 2.71. The monoisotopic (exact) mass is 536 g/mol. The number of likely N-dealkylation sites (N-methyl/N-ethyl adjacent to an activating group) is 1. The Morgan fingerprint density at radius 2 is 1.86 bits per heavy atom. The summed E-state index contributed by atoms with van der Waals surface area (Å²) >= 11 is 3.53. The maximum atomic E-state index is 13.2. The predicted molar refractivity (Wildman–Crippen MR) is 143 cm³/mol. The molecule has 204 valence electrons. The van der Waals surface area contributed by atoms with Gasteiger partial charge in [0.2, 0.25) is 5.75 Å². The number of carbonyl (C=O) groups is 2. The molecular formula is C26H37FN4O5S. The first kappa shape index (κ1) is 30.1. The molecule has 3 rings (SSSR count). The van der Waals surface area contributed by atoms with Gasteiger partial charge in [0, 0.05) is 32.6 Å². The highest BCUT2D eigenvalue weighted by Gasteiger charge is 2.30. The average molecular weight is 537 g/mol. The van der Waals surface area contributed by atoms with Gasteiger partial charge in [0.15, 0.2) is 5.69 Å². The van der Waals surface area contributed by atoms with Crippen molar-refractivity contribution in [3.63, 3.8) is 0 Å². The van der Waals surface area contributed by atoms with Crippen LogP contribution in [0.25, 0.3) is 0 Å². The van der Waals surface area contributed by atoms with E-state index in [0.717, 1.165) is 6.42 Å². The van der Waals surface area contributed by atoms with Crippen molar-refractivity contribution in [2.45, 2.75) is 71.2 Å². The fourth-order valence-electron chi connectivity index (χ4n) is 3.95. The van der Waals surface area contributed by atoms with Gasteiger partial charge in [-0.3, -0.25) is 14.2 Å². The van der Waals surface area contributed by atoms with Crippen LogP contribution in [0.5, 0.6) is 5.75 Å². The van der Waals surface area contributed by atoms with Crippen LogP contribution in [0.1, 0.15) is 61.9 Å². The zero-order chi connectivity index (χ0) is 27.8. The number of hydrogen-bond donors (Lipinski definition) is 2. The summed E-state index contributed by atoms with van der Waals surface area (Å²) < 4.78 is 25.5. The molecular weight excluding hydrogens is 499 g/mol. The van der Waals surface area contributed by atoms with Crippen LogP contribution in [0.4, 0.5) is 9.18 Å². The Morgan fingerprint density at radius 1 is 1.22 bits per heavy atom. The number of nitrogens with zero attached hydrogens (tertiary/aromatic N) is 3. The number of ether oxygens (including phenoxy) is 2. The van der Waals surface area contributed by atoms with E-state index in [9.17, 15) is 18.8 Å². The summed E-state index contributed by atoms with van der Waals surface area (Å²) in [6, 6.07) is 5.48. The van der Waals surface area contributed by atoms with E-state index in [0.29, 0.717) is 30.8 Å². The van der Waals surface area contributed by atoms with Gasteiger partial charge in [-0.05, 0) is 64.0 Å². The van der Waals surface area contributed by atoms with Crippen molar-refractivity contribution in [1.29, 1.82) is 0 Å². The molecule has 1 atom stereocenters. The average Bonchev–Trinajstić information content (AvgIpc) is 2.84. The minimum absolute atomic E-state index is 0.120. The van der Waals surface area contributed by atoms with Crippen molar-refractivity contribution in [2.75, 3.05) is 20.4 Å². The molecule has 0 aliphatic carbocycles. The van der Waals surface area contributed by atoms with Crippen molar-refractivity contribution in [3.05, 3.63) is 57.5 Å². The minimum atomic E-state index is -0.636. The maximum Gasteiger partial charge on any atom is 0.410 e. The molecule has 0 bridgehead atoms. The summed E-state index contributed by atoms with van der Waals surface area (Å²) in [7, 11) is 2.99. The third-order valence-electron chi connectivity index (χ3n) is 5.81. The Bertz CT molecular complexity index is 1130. The first-order valence-electron chi connectivity index (χ1n) is 12.1. The zero-order valence-electron chi connectivity index (χ0n) is 22.3. The number of rotatable bonds is 5. The SMILES string of the molecule is COc1c(C(=O)NCc2ccc(F)cc2)nc2n(c1=O)CCCCC(N(C)C(=O)OC(C)(C)C)C2.CS. The molecule has 0 radical (unpaired) electrons. The summed E-state index contributed by atoms with van der Waals surface area (Å²) in [5.41, 5.74) is -0.501. The lowest BCUT2D eigenvalue weighted by atomic mass is 10.0. The summed E-state index contributed by atoms with van der Waals surface area (Å²) in [5.74, 6) is -0.680. The number of hydrogen-bond acceptors (Lipinski definition) is 7. The first-order chi connectivity index (χ1) is 17.5. The van der Waals surface area contributed by atoms with Gasteiger partial charge < -0.3 is 19.7 Å². The predicted octanol–water partition coefficient (Wildman–Crippen LogP) is 3.83. The number of fused-ring (bicyclic) bond motifs is 1. The second-order valence-corrected chi connectivity index (χ2v) is 9.62. The lowest BCUT2D eigenvalue weighted by Gasteiger charge is -2.32. The summed E-state index contributed by atoms with van der Waals surface area (Å²) in [4.78, 5) is 44.9. The largest absolute Gasteiger partial charge is 0.489 e. The number of nitrogens with one attached hydrogen (secondary N) is 1. The molecule has 2 heterocycles. The molecule has 0 saturated heterocycles. The van der Waals surface area contributed by atoms with E-state index in [4.69, 9.17) is 9.47 Å². The van der Waals surface area contributed by atoms with Crippen LogP contribution >= 0.6 is 12.6 Å². The summed E-state index contributed by atoms with van der Waals surface area (Å²) in [6.07, 6.45) is 3.76. The molecule has 1 N–H and O–H groups in total. The quantitative estimate of drug-likeness (QED) is 0.563. The third-order valence-corrected chi connectivity index (χ3v) is 5.81. The van der Waals surface area contributed by atoms with E-state index < -0.39 is 23.2 Å². The molecule has 1 unspecified atom stereocenters. The van der Waals surface area contributed by atoms with Gasteiger partial charge in [0.25, 0.3) is 11.5 Å². The molecule has 0 spiro atoms. The fourth-order valence-corrected chi connectivity index (χ4v) is 3.95. The highest BCUT2D eigenvalue weighted by Crippen LogP contribution is 2.21. The zero-order valence-corrected chi connectivity index (χ0v) is 23.2. The Morgan fingerprint density at radius 3 is 2.46 bits per heavy atom. The lowest BCUT2D eigenvalue weighted by Crippen LogP contribution is -2.44. The first-order valence-corrected chi connectivity index (χ1v) is 13.0. The lowest BCUT2D eigenvalue weighted by molar-refractivity contribution is 0.0206. The van der Waals surface area contributed by atoms with Gasteiger partial charge in [-0.2, -0.15) is 12.6 Å². The smallest absolute Gasteiger partial charge is 0.410 e. The van der Waals surface area contributed by atoms with Crippen LogP contribution < -0.4 is 15.6 Å². The number of carbonyl (C=O) groups excluding carboxylic acids is 2. The topological polar surface area (TPSA) is 103 Å². The molecule has 1 aliphatic heterocycles. The molecule has 9 nitrogen and oxygen atoms in total. The van der Waals surface area contributed by atoms with Crippen molar-refractivity contribution >= 4 is 24.6 Å². The van der Waals surface area contributed by atoms with E-state index in [-0.39, 0.29) is 36.3 Å². The van der Waals surface area contributed by atoms with Crippen molar-refractivity contribution < 1.29 is 23.5 Å². The van der Waals surface area contributed by atoms with Crippen LogP contribution in [0.15, 0.2) is 29.1 Å². The third kappa shape index (κ3) is 8.21. The van der Waals surface area contributed by atoms with Gasteiger partial charge in [-0.1, -0.05) is 12.1 Å². The van der Waals surface area contributed by atoms with E-state index >= 15 is 0 Å². The van der Waals surface area contributed by atoms with E-state index in [1.165, 1.54) is 28.7 Å². The molecule has 2 amide bonds. The standard InChI is InChI=1S/C25H33FN4O5.CH4S/c1-25(2,3)35-24(33)29(4)18-8-6-7-13-30-19(14-18)28-20(21(34-5)23(30)32)22(31)27-15-16-9-11-17(26)12-10-16;1-2/h9-12,18H,6-8,13-15H2,1-5H3,(H,27,31);2H,1H3. The number of halogens is 1. The second-order valence-electron chi connectivity index (χ2n) is 9.62. The Hall–Kier alpha value is -3.08. The minimum Gasteiger partial charge on any atom is -0.489 e. The molecule has 0 saturated carbocycles. The highest BCUT2D eigenvalue weighted by molar-refractivity contribution is 7.79. The Labute approximate surface area is 222 Å². The highest BCUT2D eigenvalue weighted by atomic mass is 32.1. The van der Waals surface area contributed by atoms with Crippen molar-refractivity contribution in [2.24, 2.45) is 0 Å². The number of thiol groups is 1. The van der Waals surface area contributed by atoms with Crippen LogP contribution in [-0.2, 0) is 24.2 Å². The van der Waals surface area contributed by atoms with E-state index in [2.05, 4.69) is 22.9 Å². The molecule has 1 aromatic heterocycles. The molecule has 1 aromatic carbocycles. The van der Waals surface area contributed by atoms with Crippen LogP contribution in [0, 0.1) is 5.82 Å². The summed E-state index contributed by atoms with van der Waals surface area (Å²) in [6.45, 7) is 5.98. The molecule has 1 aliphatic rings. The molecule has 2 aromatic rings. The van der Waals surface area contributed by atoms with Crippen LogP contribution in [0.3, 0.4) is 0 Å². The van der Waals surface area contributed by atoms with Crippen molar-refractivity contribution in [3.8, 4) is 5.75 Å². The molecule has 37 heavy (non-hydrogen) atoms. The van der Waals surface area contributed by atoms with Crippen molar-refractivity contribution in [1.82, 2.24) is 19.8 Å². The van der Waals surface area contributed by atoms with Crippen LogP contribution in [-0.4, -0.2) is 58.5 Å². The van der Waals surface area contributed by atoms with Gasteiger partial charge in [0.1, 0.15) is 17.2 Å². The normalized spacial score (nSPS) is 15.2. The van der Waals surface area contributed by atoms with E-state index in [1.54, 1.807) is 46.2 Å². The van der Waals surface area contributed by atoms with Gasteiger partial charge in [-0.25, -0.2) is 14.2 Å². The Kier molecular flexibility index (Phi) is 11.0. The fraction of sp³-hybridized carbons (Fsp3) is 0.538. The maximum absolute atomic E-state index is 13.2. The molecule has 0 fully saturated rings. The number of methoxy groups -OCH3 is 1. The number of amides is 2. The van der Waals surface area contributed by atoms with Gasteiger partial charge in [-0.15, -0.1) is 0 Å².